The summed E-state index contributed by atoms with van der Waals surface area (Å²) in [6, 6.07) is 18.0. The van der Waals surface area contributed by atoms with Gasteiger partial charge in [-0.05, 0) is 35.8 Å². The average molecular weight is 254 g/mol. The molecule has 2 heteroatoms. The van der Waals surface area contributed by atoms with Gasteiger partial charge in [-0.15, -0.1) is 0 Å². The van der Waals surface area contributed by atoms with Crippen molar-refractivity contribution in [1.29, 1.82) is 0 Å². The number of ether oxygens (including phenoxy) is 1. The molecule has 0 aliphatic heterocycles. The number of hydrogen-bond acceptors (Lipinski definition) is 2. The van der Waals surface area contributed by atoms with E-state index in [1.54, 1.807) is 0 Å². The maximum absolute atomic E-state index is 8.83. The zero-order chi connectivity index (χ0) is 13.3. The van der Waals surface area contributed by atoms with E-state index in [1.807, 2.05) is 54.6 Å². The van der Waals surface area contributed by atoms with Crippen LogP contribution in [0.25, 0.3) is 6.08 Å². The van der Waals surface area contributed by atoms with Crippen LogP contribution in [0.5, 0.6) is 5.75 Å². The molecule has 2 aromatic rings. The van der Waals surface area contributed by atoms with Gasteiger partial charge in [-0.25, -0.2) is 0 Å². The number of rotatable bonds is 6. The molecule has 19 heavy (non-hydrogen) atoms. The molecule has 0 spiro atoms. The van der Waals surface area contributed by atoms with Crippen LogP contribution in [0.15, 0.2) is 60.7 Å². The zero-order valence-corrected chi connectivity index (χ0v) is 10.8. The van der Waals surface area contributed by atoms with Crippen LogP contribution in [0.2, 0.25) is 0 Å². The topological polar surface area (TPSA) is 29.5 Å². The summed E-state index contributed by atoms with van der Waals surface area (Å²) < 4.78 is 5.61. The van der Waals surface area contributed by atoms with Crippen molar-refractivity contribution in [3.05, 3.63) is 71.8 Å². The highest BCUT2D eigenvalue weighted by Crippen LogP contribution is 2.12. The molecular formula is C17H18O2. The van der Waals surface area contributed by atoms with Crippen LogP contribution in [0.3, 0.4) is 0 Å². The lowest BCUT2D eigenvalue weighted by atomic mass is 10.1. The van der Waals surface area contributed by atoms with Crippen molar-refractivity contribution >= 4 is 6.08 Å². The second kappa shape index (κ2) is 7.39. The number of hydrogen-bond donors (Lipinski definition) is 1. The Balaban J connectivity index is 1.81. The molecule has 1 N–H and O–H groups in total. The van der Waals surface area contributed by atoms with Crippen molar-refractivity contribution in [2.75, 3.05) is 13.2 Å². The molecule has 0 fully saturated rings. The van der Waals surface area contributed by atoms with Crippen LogP contribution in [0, 0.1) is 0 Å². The van der Waals surface area contributed by atoms with Gasteiger partial charge in [-0.2, -0.15) is 0 Å². The second-order valence-corrected chi connectivity index (χ2v) is 4.24. The highest BCUT2D eigenvalue weighted by molar-refractivity contribution is 5.48. The molecule has 2 nitrogen and oxygen atoms in total. The summed E-state index contributed by atoms with van der Waals surface area (Å²) in [4.78, 5) is 0. The minimum atomic E-state index is 0.181. The van der Waals surface area contributed by atoms with E-state index in [-0.39, 0.29) is 6.61 Å². The molecule has 0 unspecified atom stereocenters. The van der Waals surface area contributed by atoms with Crippen molar-refractivity contribution in [2.45, 2.75) is 6.42 Å². The molecule has 98 valence electrons. The Kier molecular flexibility index (Phi) is 5.20. The molecular weight excluding hydrogens is 236 g/mol. The summed E-state index contributed by atoms with van der Waals surface area (Å²) in [5, 5.41) is 8.83. The third kappa shape index (κ3) is 4.60. The van der Waals surface area contributed by atoms with Gasteiger partial charge >= 0.3 is 0 Å². The molecule has 0 aliphatic carbocycles. The van der Waals surface area contributed by atoms with Gasteiger partial charge in [0.15, 0.2) is 0 Å². The highest BCUT2D eigenvalue weighted by atomic mass is 16.5. The molecule has 0 aliphatic rings. The maximum atomic E-state index is 8.83. The predicted molar refractivity (Wildman–Crippen MR) is 78.2 cm³/mol. The quantitative estimate of drug-likeness (QED) is 0.857. The summed E-state index contributed by atoms with van der Waals surface area (Å²) in [5.41, 5.74) is 2.29. The molecule has 2 rings (SSSR count). The zero-order valence-electron chi connectivity index (χ0n) is 10.8. The van der Waals surface area contributed by atoms with Gasteiger partial charge in [-0.1, -0.05) is 48.5 Å². The Morgan fingerprint density at radius 2 is 1.68 bits per heavy atom. The van der Waals surface area contributed by atoms with Gasteiger partial charge in [0.1, 0.15) is 12.4 Å². The summed E-state index contributed by atoms with van der Waals surface area (Å²) in [5.74, 6) is 0.847. The van der Waals surface area contributed by atoms with E-state index in [1.165, 1.54) is 5.56 Å². The minimum Gasteiger partial charge on any atom is -0.490 e. The van der Waals surface area contributed by atoms with Crippen LogP contribution in [0.4, 0.5) is 0 Å². The van der Waals surface area contributed by atoms with Crippen LogP contribution in [-0.2, 0) is 6.42 Å². The Labute approximate surface area is 114 Å². The first kappa shape index (κ1) is 13.4. The Bertz CT molecular complexity index is 501. The van der Waals surface area contributed by atoms with Crippen LogP contribution >= 0.6 is 0 Å². The smallest absolute Gasteiger partial charge is 0.119 e. The molecule has 2 aromatic carbocycles. The van der Waals surface area contributed by atoms with Gasteiger partial charge in [0.05, 0.1) is 0 Å². The van der Waals surface area contributed by atoms with E-state index in [4.69, 9.17) is 9.84 Å². The fourth-order valence-electron chi connectivity index (χ4n) is 1.77. The molecule has 0 heterocycles. The van der Waals surface area contributed by atoms with E-state index in [0.717, 1.165) is 11.3 Å². The first-order valence-corrected chi connectivity index (χ1v) is 6.42. The third-order valence-corrected chi connectivity index (χ3v) is 2.78. The normalized spacial score (nSPS) is 10.8. The van der Waals surface area contributed by atoms with Crippen molar-refractivity contribution in [2.24, 2.45) is 0 Å². The second-order valence-electron chi connectivity index (χ2n) is 4.24. The monoisotopic (exact) mass is 254 g/mol. The average Bonchev–Trinajstić information content (AvgIpc) is 2.47. The van der Waals surface area contributed by atoms with Crippen molar-refractivity contribution in [3.8, 4) is 5.75 Å². The van der Waals surface area contributed by atoms with E-state index < -0.39 is 0 Å². The lowest BCUT2D eigenvalue weighted by Crippen LogP contribution is -1.94. The fourth-order valence-corrected chi connectivity index (χ4v) is 1.77. The van der Waals surface area contributed by atoms with Crippen LogP contribution in [0.1, 0.15) is 11.1 Å². The highest BCUT2D eigenvalue weighted by Gasteiger charge is 1.94. The maximum Gasteiger partial charge on any atom is 0.119 e. The molecule has 0 saturated heterocycles. The van der Waals surface area contributed by atoms with E-state index in [2.05, 4.69) is 12.1 Å². The van der Waals surface area contributed by atoms with Gasteiger partial charge < -0.3 is 9.84 Å². The third-order valence-electron chi connectivity index (χ3n) is 2.78. The van der Waals surface area contributed by atoms with E-state index in [9.17, 15) is 0 Å². The summed E-state index contributed by atoms with van der Waals surface area (Å²) in [6.45, 7) is 0.730. The summed E-state index contributed by atoms with van der Waals surface area (Å²) in [7, 11) is 0. The number of aliphatic hydroxyl groups is 1. The van der Waals surface area contributed by atoms with Gasteiger partial charge in [0.25, 0.3) is 0 Å². The first-order chi connectivity index (χ1) is 9.38. The van der Waals surface area contributed by atoms with Gasteiger partial charge in [0, 0.05) is 6.61 Å². The van der Waals surface area contributed by atoms with Crippen molar-refractivity contribution in [3.63, 3.8) is 0 Å². The Morgan fingerprint density at radius 3 is 2.37 bits per heavy atom. The lowest BCUT2D eigenvalue weighted by molar-refractivity contribution is 0.299. The van der Waals surface area contributed by atoms with Crippen LogP contribution in [-0.4, -0.2) is 18.3 Å². The Hall–Kier alpha value is -2.06. The molecule has 0 atom stereocenters. The summed E-state index contributed by atoms with van der Waals surface area (Å²) in [6.07, 6.45) is 4.73. The van der Waals surface area contributed by atoms with Gasteiger partial charge in [-0.3, -0.25) is 0 Å². The fraction of sp³-hybridized carbons (Fsp3) is 0.176. The number of aliphatic hydroxyl groups excluding tert-OH is 1. The molecule has 0 aromatic heterocycles. The first-order valence-electron chi connectivity index (χ1n) is 6.42. The Morgan fingerprint density at radius 1 is 0.947 bits per heavy atom. The van der Waals surface area contributed by atoms with Crippen molar-refractivity contribution < 1.29 is 9.84 Å². The largest absolute Gasteiger partial charge is 0.490 e. The SMILES string of the molecule is OCCc1ccc(OC/C=C/c2ccccc2)cc1. The van der Waals surface area contributed by atoms with E-state index >= 15 is 0 Å². The van der Waals surface area contributed by atoms with Gasteiger partial charge in [0.2, 0.25) is 0 Å². The van der Waals surface area contributed by atoms with Crippen LogP contribution < -0.4 is 4.74 Å². The van der Waals surface area contributed by atoms with Crippen molar-refractivity contribution in [1.82, 2.24) is 0 Å². The summed E-state index contributed by atoms with van der Waals surface area (Å²) >= 11 is 0. The number of benzene rings is 2. The molecule has 0 radical (unpaired) electrons. The minimum absolute atomic E-state index is 0.181. The standard InChI is InChI=1S/C17H18O2/c18-13-12-16-8-10-17(11-9-16)19-14-4-7-15-5-2-1-3-6-15/h1-11,18H,12-14H2/b7-4+. The lowest BCUT2D eigenvalue weighted by Gasteiger charge is -2.04. The predicted octanol–water partition coefficient (Wildman–Crippen LogP) is 3.31. The molecule has 0 amide bonds. The van der Waals surface area contributed by atoms with E-state index in [0.29, 0.717) is 13.0 Å². The molecule has 0 saturated carbocycles. The molecule has 0 bridgehead atoms.